The molecule has 5 heterocycles. The number of nitrogens with zero attached hydrogens (tertiary/aromatic N) is 4. The number of pyridine rings is 1. The number of hydrogen-bond donors (Lipinski definition) is 3. The molecule has 0 spiro atoms. The van der Waals surface area contributed by atoms with Crippen LogP contribution in [-0.2, 0) is 20.9 Å². The molecule has 206 valence electrons. The molecule has 2 aromatic heterocycles. The molecule has 7 rings (SSSR count). The van der Waals surface area contributed by atoms with Gasteiger partial charge in [0.25, 0.3) is 6.47 Å². The van der Waals surface area contributed by atoms with E-state index in [1.54, 1.807) is 12.3 Å². The van der Waals surface area contributed by atoms with E-state index >= 15 is 0 Å². The van der Waals surface area contributed by atoms with Crippen molar-refractivity contribution in [1.29, 1.82) is 5.26 Å². The Morgan fingerprint density at radius 2 is 1.98 bits per heavy atom. The monoisotopic (exact) mass is 561 g/mol. The van der Waals surface area contributed by atoms with Gasteiger partial charge in [-0.2, -0.15) is 5.26 Å². The van der Waals surface area contributed by atoms with Crippen LogP contribution < -0.4 is 15.0 Å². The molecule has 1 aromatic carbocycles. The van der Waals surface area contributed by atoms with E-state index in [2.05, 4.69) is 21.3 Å². The average Bonchev–Trinajstić information content (AvgIpc) is 3.32. The number of amides is 2. The highest BCUT2D eigenvalue weighted by molar-refractivity contribution is 7.19. The fourth-order valence-corrected chi connectivity index (χ4v) is 7.16. The lowest BCUT2D eigenvalue weighted by molar-refractivity contribution is -0.142. The Morgan fingerprint density at radius 1 is 1.20 bits per heavy atom. The fourth-order valence-electron chi connectivity index (χ4n) is 6.03. The molecule has 4 atom stereocenters. The van der Waals surface area contributed by atoms with Crippen LogP contribution >= 0.6 is 11.3 Å². The second-order valence-corrected chi connectivity index (χ2v) is 11.4. The topological polar surface area (TPSA) is 156 Å². The van der Waals surface area contributed by atoms with Crippen molar-refractivity contribution in [3.8, 4) is 22.9 Å². The summed E-state index contributed by atoms with van der Waals surface area (Å²) in [7, 11) is 0. The van der Waals surface area contributed by atoms with Crippen molar-refractivity contribution in [2.75, 3.05) is 31.2 Å². The molecular formula is C28H27N5O6S. The summed E-state index contributed by atoms with van der Waals surface area (Å²) in [6, 6.07) is 10.1. The maximum atomic E-state index is 12.5. The van der Waals surface area contributed by atoms with Gasteiger partial charge in [-0.05, 0) is 31.0 Å². The van der Waals surface area contributed by atoms with Gasteiger partial charge < -0.3 is 25.2 Å². The molecule has 3 N–H and O–H groups in total. The summed E-state index contributed by atoms with van der Waals surface area (Å²) >= 11 is 1.53. The minimum Gasteiger partial charge on any atom is -0.489 e. The van der Waals surface area contributed by atoms with Gasteiger partial charge in [0.15, 0.2) is 0 Å². The molecule has 2 saturated heterocycles. The number of benzene rings is 1. The predicted octanol–water partition coefficient (Wildman–Crippen LogP) is 1.96. The highest BCUT2D eigenvalue weighted by Crippen LogP contribution is 2.49. The molecule has 2 amide bonds. The summed E-state index contributed by atoms with van der Waals surface area (Å²) in [5.41, 5.74) is 4.10. The number of rotatable bonds is 5. The third-order valence-corrected chi connectivity index (χ3v) is 9.11. The van der Waals surface area contributed by atoms with Crippen LogP contribution in [-0.4, -0.2) is 76.8 Å². The van der Waals surface area contributed by atoms with Crippen molar-refractivity contribution < 1.29 is 29.3 Å². The molecule has 12 heteroatoms. The number of anilines is 1. The molecule has 4 aliphatic rings. The first-order valence-corrected chi connectivity index (χ1v) is 13.9. The van der Waals surface area contributed by atoms with E-state index in [0.717, 1.165) is 44.9 Å². The molecule has 1 aliphatic carbocycles. The molecule has 11 nitrogen and oxygen atoms in total. The molecule has 1 saturated carbocycles. The number of ether oxygens (including phenoxy) is 1. The zero-order valence-electron chi connectivity index (χ0n) is 21.4. The minimum absolute atomic E-state index is 0.0597. The first-order valence-electron chi connectivity index (χ1n) is 13.1. The Balaban J connectivity index is 0.000000925. The first-order chi connectivity index (χ1) is 19.5. The zero-order valence-corrected chi connectivity index (χ0v) is 22.3. The van der Waals surface area contributed by atoms with Crippen LogP contribution in [0.25, 0.3) is 21.3 Å². The van der Waals surface area contributed by atoms with E-state index in [9.17, 15) is 20.0 Å². The van der Waals surface area contributed by atoms with Crippen molar-refractivity contribution in [2.45, 2.75) is 31.5 Å². The maximum Gasteiger partial charge on any atom is 0.290 e. The van der Waals surface area contributed by atoms with Crippen molar-refractivity contribution in [1.82, 2.24) is 15.2 Å². The number of nitriles is 1. The van der Waals surface area contributed by atoms with E-state index in [0.29, 0.717) is 30.9 Å². The Labute approximate surface area is 233 Å². The van der Waals surface area contributed by atoms with Crippen LogP contribution in [0.15, 0.2) is 30.5 Å². The molecule has 3 aliphatic heterocycles. The number of aliphatic hydroxyl groups excluding tert-OH is 1. The lowest BCUT2D eigenvalue weighted by Crippen LogP contribution is -2.42. The molecule has 40 heavy (non-hydrogen) atoms. The summed E-state index contributed by atoms with van der Waals surface area (Å²) in [4.78, 5) is 42.6. The lowest BCUT2D eigenvalue weighted by Gasteiger charge is -2.37. The first kappa shape index (κ1) is 26.2. The molecular weight excluding hydrogens is 534 g/mol. The van der Waals surface area contributed by atoms with Crippen LogP contribution in [0.1, 0.15) is 23.3 Å². The lowest BCUT2D eigenvalue weighted by atomic mass is 9.97. The number of carboxylic acid groups (broad SMARTS) is 1. The van der Waals surface area contributed by atoms with E-state index in [1.165, 1.54) is 16.2 Å². The van der Waals surface area contributed by atoms with Crippen LogP contribution in [0, 0.1) is 23.2 Å². The summed E-state index contributed by atoms with van der Waals surface area (Å²) in [5, 5.41) is 29.7. The summed E-state index contributed by atoms with van der Waals surface area (Å²) < 4.78 is 7.00. The van der Waals surface area contributed by atoms with Gasteiger partial charge in [0.2, 0.25) is 11.8 Å². The molecule has 0 bridgehead atoms. The Bertz CT molecular complexity index is 1530. The number of carbonyl (C=O) groups is 3. The van der Waals surface area contributed by atoms with Crippen molar-refractivity contribution in [3.63, 3.8) is 0 Å². The van der Waals surface area contributed by atoms with Gasteiger partial charge in [-0.3, -0.25) is 24.3 Å². The highest BCUT2D eigenvalue weighted by atomic mass is 32.1. The van der Waals surface area contributed by atoms with Gasteiger partial charge in [0.1, 0.15) is 12.4 Å². The second kappa shape index (κ2) is 10.5. The largest absolute Gasteiger partial charge is 0.489 e. The van der Waals surface area contributed by atoms with Gasteiger partial charge in [0, 0.05) is 46.9 Å². The number of carbonyl (C=O) groups excluding carboxylic acids is 2. The third kappa shape index (κ3) is 4.46. The number of aromatic nitrogens is 1. The molecule has 3 fully saturated rings. The number of piperidine rings is 1. The van der Waals surface area contributed by atoms with Gasteiger partial charge in [-0.25, -0.2) is 0 Å². The van der Waals surface area contributed by atoms with Gasteiger partial charge >= 0.3 is 0 Å². The van der Waals surface area contributed by atoms with E-state index in [4.69, 9.17) is 14.6 Å². The summed E-state index contributed by atoms with van der Waals surface area (Å²) in [5.74, 6) is 0.336. The second-order valence-electron chi connectivity index (χ2n) is 10.3. The number of hydrogen-bond acceptors (Lipinski definition) is 10. The number of imide groups is 1. The van der Waals surface area contributed by atoms with Crippen LogP contribution in [0.5, 0.6) is 5.75 Å². The quantitative estimate of drug-likeness (QED) is 0.311. The third-order valence-electron chi connectivity index (χ3n) is 7.96. The number of nitrogens with one attached hydrogen (secondary N) is 1. The smallest absolute Gasteiger partial charge is 0.290 e. The Hall–Kier alpha value is -4.05. The summed E-state index contributed by atoms with van der Waals surface area (Å²) in [6.07, 6.45) is 3.28. The van der Waals surface area contributed by atoms with Gasteiger partial charge in [-0.15, -0.1) is 11.3 Å². The van der Waals surface area contributed by atoms with E-state index in [1.807, 2.05) is 18.2 Å². The molecule has 3 aromatic rings. The normalized spacial score (nSPS) is 24.6. The van der Waals surface area contributed by atoms with Crippen LogP contribution in [0.3, 0.4) is 0 Å². The van der Waals surface area contributed by atoms with E-state index in [-0.39, 0.29) is 55.4 Å². The number of thiophene rings is 1. The number of likely N-dealkylation sites (tertiary alicyclic amines) is 1. The van der Waals surface area contributed by atoms with Crippen molar-refractivity contribution >= 4 is 45.5 Å². The average molecular weight is 562 g/mol. The number of aliphatic hydroxyl groups is 1. The SMILES string of the molecule is N#Cc1cc2c(c(-c3ccnc4cc(CN5C(=O)C6CC6C5=O)sc34)c1)N([C@@H]1CN[C@@H](CO)C1)CCO2.O=CO. The van der Waals surface area contributed by atoms with Crippen molar-refractivity contribution in [3.05, 3.63) is 40.9 Å². The predicted molar refractivity (Wildman–Crippen MR) is 146 cm³/mol. The molecule has 0 radical (unpaired) electrons. The van der Waals surface area contributed by atoms with Crippen LogP contribution in [0.4, 0.5) is 5.69 Å². The Kier molecular flexibility index (Phi) is 6.87. The van der Waals surface area contributed by atoms with E-state index < -0.39 is 0 Å². The highest BCUT2D eigenvalue weighted by Gasteiger charge is 2.58. The summed E-state index contributed by atoms with van der Waals surface area (Å²) in [6.45, 7) is 2.12. The Morgan fingerprint density at radius 3 is 2.67 bits per heavy atom. The van der Waals surface area contributed by atoms with Gasteiger partial charge in [-0.1, -0.05) is 0 Å². The number of fused-ring (bicyclic) bond motifs is 3. The zero-order chi connectivity index (χ0) is 28.0. The standard InChI is InChI=1S/C27H25N5O4S.CH2O2/c28-10-14-5-19(24-23(6-14)36-4-3-31(24)16-7-15(13-33)30-11-16)18-1-2-29-22-8-17(37-25(18)22)12-32-26(34)20-9-21(20)27(32)35;2-1-3/h1-2,5-6,8,15-16,20-21,30,33H,3-4,7,9,11-13H2;1H,(H,2,3)/t15-,16+,20?,21?;/m1./s1. The minimum atomic E-state index is -0.250. The van der Waals surface area contributed by atoms with Crippen molar-refractivity contribution in [2.24, 2.45) is 11.8 Å². The molecule has 2 unspecified atom stereocenters. The van der Waals surface area contributed by atoms with Gasteiger partial charge in [0.05, 0.1) is 59.1 Å². The van der Waals surface area contributed by atoms with Crippen LogP contribution in [0.2, 0.25) is 0 Å². The maximum absolute atomic E-state index is 12.5. The fraction of sp³-hybridized carbons (Fsp3) is 0.393.